The molecule has 1 aliphatic carbocycles. The Labute approximate surface area is 120 Å². The van der Waals surface area contributed by atoms with Crippen molar-refractivity contribution in [1.29, 1.82) is 0 Å². The Balaban J connectivity index is 1.99. The molecule has 3 nitrogen and oxygen atoms in total. The van der Waals surface area contributed by atoms with Gasteiger partial charge in [-0.05, 0) is 35.7 Å². The minimum atomic E-state index is -3.38. The van der Waals surface area contributed by atoms with Gasteiger partial charge in [-0.2, -0.15) is 4.31 Å². The summed E-state index contributed by atoms with van der Waals surface area (Å²) in [6.45, 7) is 0. The molecule has 2 aromatic carbocycles. The fraction of sp³-hybridized carbons (Fsp3) is 0.375. The zero-order valence-electron chi connectivity index (χ0n) is 11.6. The van der Waals surface area contributed by atoms with Gasteiger partial charge in [0, 0.05) is 13.1 Å². The molecule has 2 aromatic rings. The predicted molar refractivity (Wildman–Crippen MR) is 81.2 cm³/mol. The van der Waals surface area contributed by atoms with Crippen molar-refractivity contribution < 1.29 is 8.42 Å². The molecule has 4 heteroatoms. The summed E-state index contributed by atoms with van der Waals surface area (Å²) in [6.07, 6.45) is 4.21. The van der Waals surface area contributed by atoms with E-state index in [0.717, 1.165) is 36.5 Å². The summed E-state index contributed by atoms with van der Waals surface area (Å²) < 4.78 is 26.9. The molecule has 1 aliphatic rings. The lowest BCUT2D eigenvalue weighted by atomic mass is 10.1. The Hall–Kier alpha value is -1.39. The van der Waals surface area contributed by atoms with Crippen LogP contribution in [0.4, 0.5) is 0 Å². The summed E-state index contributed by atoms with van der Waals surface area (Å²) in [4.78, 5) is 0.394. The molecular weight excluding hydrogens is 270 g/mol. The molecule has 0 N–H and O–H groups in total. The number of nitrogens with zero attached hydrogens (tertiary/aromatic N) is 1. The highest BCUT2D eigenvalue weighted by molar-refractivity contribution is 7.89. The van der Waals surface area contributed by atoms with Crippen LogP contribution in [0.1, 0.15) is 25.7 Å². The number of benzene rings is 2. The SMILES string of the molecule is CN(C1CCCC1)S(=O)(=O)c1ccc2ccccc2c1. The fourth-order valence-corrected chi connectivity index (χ4v) is 4.41. The van der Waals surface area contributed by atoms with Crippen molar-refractivity contribution >= 4 is 20.8 Å². The molecule has 0 amide bonds. The maximum Gasteiger partial charge on any atom is 0.243 e. The standard InChI is InChI=1S/C16H19NO2S/c1-17(15-8-4-5-9-15)20(18,19)16-11-10-13-6-2-3-7-14(13)12-16/h2-3,6-7,10-12,15H,4-5,8-9H2,1H3. The van der Waals surface area contributed by atoms with Gasteiger partial charge in [-0.15, -0.1) is 0 Å². The molecule has 0 atom stereocenters. The summed E-state index contributed by atoms with van der Waals surface area (Å²) in [5, 5.41) is 2.03. The van der Waals surface area contributed by atoms with Crippen LogP contribution in [0, 0.1) is 0 Å². The molecule has 0 unspecified atom stereocenters. The van der Waals surface area contributed by atoms with E-state index < -0.39 is 10.0 Å². The maximum atomic E-state index is 12.7. The molecule has 3 rings (SSSR count). The van der Waals surface area contributed by atoms with Crippen LogP contribution in [-0.4, -0.2) is 25.8 Å². The summed E-state index contributed by atoms with van der Waals surface area (Å²) >= 11 is 0. The average Bonchev–Trinajstić information content (AvgIpc) is 3.00. The second-order valence-corrected chi connectivity index (χ2v) is 7.47. The third-order valence-corrected chi connectivity index (χ3v) is 6.14. The Kier molecular flexibility index (Phi) is 3.52. The third kappa shape index (κ3) is 2.34. The van der Waals surface area contributed by atoms with Crippen LogP contribution in [0.2, 0.25) is 0 Å². The summed E-state index contributed by atoms with van der Waals surface area (Å²) in [6, 6.07) is 13.4. The number of sulfonamides is 1. The first-order valence-electron chi connectivity index (χ1n) is 7.06. The van der Waals surface area contributed by atoms with Crippen molar-refractivity contribution in [2.24, 2.45) is 0 Å². The van der Waals surface area contributed by atoms with E-state index >= 15 is 0 Å². The highest BCUT2D eigenvalue weighted by atomic mass is 32.2. The topological polar surface area (TPSA) is 37.4 Å². The van der Waals surface area contributed by atoms with Crippen LogP contribution in [0.5, 0.6) is 0 Å². The highest BCUT2D eigenvalue weighted by Crippen LogP contribution is 2.28. The van der Waals surface area contributed by atoms with Crippen molar-refractivity contribution in [2.45, 2.75) is 36.6 Å². The smallest absolute Gasteiger partial charge is 0.207 e. The van der Waals surface area contributed by atoms with E-state index in [2.05, 4.69) is 0 Å². The summed E-state index contributed by atoms with van der Waals surface area (Å²) in [7, 11) is -1.67. The largest absolute Gasteiger partial charge is 0.243 e. The van der Waals surface area contributed by atoms with Gasteiger partial charge in [0.05, 0.1) is 4.90 Å². The summed E-state index contributed by atoms with van der Waals surface area (Å²) in [5.41, 5.74) is 0. The monoisotopic (exact) mass is 289 g/mol. The second-order valence-electron chi connectivity index (χ2n) is 5.47. The lowest BCUT2D eigenvalue weighted by Crippen LogP contribution is -2.35. The molecule has 1 saturated carbocycles. The van der Waals surface area contributed by atoms with Crippen LogP contribution in [0.15, 0.2) is 47.4 Å². The molecule has 0 radical (unpaired) electrons. The van der Waals surface area contributed by atoms with Crippen LogP contribution < -0.4 is 0 Å². The Morgan fingerprint density at radius 1 is 1.00 bits per heavy atom. The van der Waals surface area contributed by atoms with Gasteiger partial charge in [-0.3, -0.25) is 0 Å². The van der Waals surface area contributed by atoms with Crippen molar-refractivity contribution in [3.63, 3.8) is 0 Å². The van der Waals surface area contributed by atoms with E-state index in [1.807, 2.05) is 30.3 Å². The maximum absolute atomic E-state index is 12.7. The van der Waals surface area contributed by atoms with Crippen LogP contribution in [0.25, 0.3) is 10.8 Å². The van der Waals surface area contributed by atoms with Gasteiger partial charge in [-0.1, -0.05) is 43.2 Å². The predicted octanol–water partition coefficient (Wildman–Crippen LogP) is 3.40. The minimum Gasteiger partial charge on any atom is -0.207 e. The Morgan fingerprint density at radius 2 is 1.65 bits per heavy atom. The van der Waals surface area contributed by atoms with Crippen LogP contribution >= 0.6 is 0 Å². The van der Waals surface area contributed by atoms with Gasteiger partial charge in [0.25, 0.3) is 0 Å². The van der Waals surface area contributed by atoms with E-state index in [1.54, 1.807) is 23.5 Å². The van der Waals surface area contributed by atoms with Crippen molar-refractivity contribution in [3.05, 3.63) is 42.5 Å². The van der Waals surface area contributed by atoms with Gasteiger partial charge in [0.1, 0.15) is 0 Å². The molecule has 106 valence electrons. The summed E-state index contributed by atoms with van der Waals surface area (Å²) in [5.74, 6) is 0. The lowest BCUT2D eigenvalue weighted by Gasteiger charge is -2.23. The fourth-order valence-electron chi connectivity index (χ4n) is 2.96. The van der Waals surface area contributed by atoms with Gasteiger partial charge in [-0.25, -0.2) is 8.42 Å². The zero-order chi connectivity index (χ0) is 14.2. The van der Waals surface area contributed by atoms with E-state index in [1.165, 1.54) is 0 Å². The molecule has 0 bridgehead atoms. The molecule has 0 saturated heterocycles. The normalized spacial score (nSPS) is 17.1. The van der Waals surface area contributed by atoms with E-state index in [0.29, 0.717) is 4.90 Å². The quantitative estimate of drug-likeness (QED) is 0.868. The lowest BCUT2D eigenvalue weighted by molar-refractivity contribution is 0.373. The van der Waals surface area contributed by atoms with Crippen molar-refractivity contribution in [3.8, 4) is 0 Å². The minimum absolute atomic E-state index is 0.159. The first-order chi connectivity index (χ1) is 9.59. The Morgan fingerprint density at radius 3 is 2.35 bits per heavy atom. The van der Waals surface area contributed by atoms with Crippen LogP contribution in [0.3, 0.4) is 0 Å². The van der Waals surface area contributed by atoms with Gasteiger partial charge < -0.3 is 0 Å². The average molecular weight is 289 g/mol. The van der Waals surface area contributed by atoms with Crippen LogP contribution in [-0.2, 0) is 10.0 Å². The molecule has 0 heterocycles. The van der Waals surface area contributed by atoms with Gasteiger partial charge in [0.15, 0.2) is 0 Å². The molecule has 0 aromatic heterocycles. The van der Waals surface area contributed by atoms with E-state index in [4.69, 9.17) is 0 Å². The first kappa shape index (κ1) is 13.6. The van der Waals surface area contributed by atoms with Gasteiger partial charge in [0.2, 0.25) is 10.0 Å². The number of rotatable bonds is 3. The van der Waals surface area contributed by atoms with E-state index in [9.17, 15) is 8.42 Å². The Bertz CT molecular complexity index is 718. The molecular formula is C16H19NO2S. The molecule has 1 fully saturated rings. The van der Waals surface area contributed by atoms with Crippen molar-refractivity contribution in [2.75, 3.05) is 7.05 Å². The van der Waals surface area contributed by atoms with Gasteiger partial charge >= 0.3 is 0 Å². The second kappa shape index (κ2) is 5.19. The first-order valence-corrected chi connectivity index (χ1v) is 8.50. The zero-order valence-corrected chi connectivity index (χ0v) is 12.4. The van der Waals surface area contributed by atoms with E-state index in [-0.39, 0.29) is 6.04 Å². The molecule has 0 spiro atoms. The third-order valence-electron chi connectivity index (χ3n) is 4.24. The molecule has 20 heavy (non-hydrogen) atoms. The highest BCUT2D eigenvalue weighted by Gasteiger charge is 2.29. The molecule has 0 aliphatic heterocycles. The number of hydrogen-bond donors (Lipinski definition) is 0. The number of hydrogen-bond acceptors (Lipinski definition) is 2. The van der Waals surface area contributed by atoms with Crippen molar-refractivity contribution in [1.82, 2.24) is 4.31 Å². The number of fused-ring (bicyclic) bond motifs is 1.